The Kier molecular flexibility index (Phi) is 10.9. The van der Waals surface area contributed by atoms with Crippen LogP contribution in [0.4, 0.5) is 5.69 Å². The van der Waals surface area contributed by atoms with Gasteiger partial charge in [-0.1, -0.05) is 0 Å². The summed E-state index contributed by atoms with van der Waals surface area (Å²) in [7, 11) is 3.16. The SMILES string of the molecule is CCOC(=O)c1cc(OCCOC)c(OCCOC)cc1N.Cl. The first-order chi connectivity index (χ1) is 10.6. The van der Waals surface area contributed by atoms with Crippen molar-refractivity contribution in [2.75, 3.05) is 53.0 Å². The van der Waals surface area contributed by atoms with E-state index in [1.165, 1.54) is 6.07 Å². The molecule has 0 heterocycles. The van der Waals surface area contributed by atoms with Gasteiger partial charge in [0.1, 0.15) is 13.2 Å². The van der Waals surface area contributed by atoms with Gasteiger partial charge in [-0.2, -0.15) is 0 Å². The first-order valence-electron chi connectivity index (χ1n) is 6.98. The molecule has 1 aromatic carbocycles. The van der Waals surface area contributed by atoms with Gasteiger partial charge in [-0.3, -0.25) is 0 Å². The number of esters is 1. The highest BCUT2D eigenvalue weighted by Gasteiger charge is 2.17. The fourth-order valence-electron chi connectivity index (χ4n) is 1.66. The van der Waals surface area contributed by atoms with Gasteiger partial charge in [-0.15, -0.1) is 12.4 Å². The molecular formula is C15H24ClNO6. The molecule has 132 valence electrons. The lowest BCUT2D eigenvalue weighted by molar-refractivity contribution is 0.0527. The largest absolute Gasteiger partial charge is 0.487 e. The molecule has 1 rings (SSSR count). The third-order valence-electron chi connectivity index (χ3n) is 2.70. The summed E-state index contributed by atoms with van der Waals surface area (Å²) >= 11 is 0. The summed E-state index contributed by atoms with van der Waals surface area (Å²) in [5, 5.41) is 0. The fourth-order valence-corrected chi connectivity index (χ4v) is 1.66. The molecule has 23 heavy (non-hydrogen) atoms. The van der Waals surface area contributed by atoms with Crippen molar-refractivity contribution in [3.8, 4) is 11.5 Å². The van der Waals surface area contributed by atoms with Crippen LogP contribution in [0.3, 0.4) is 0 Å². The number of carbonyl (C=O) groups excluding carboxylic acids is 1. The molecule has 1 aromatic rings. The van der Waals surface area contributed by atoms with Crippen molar-refractivity contribution in [2.45, 2.75) is 6.92 Å². The van der Waals surface area contributed by atoms with Crippen LogP contribution in [0.5, 0.6) is 11.5 Å². The molecule has 0 spiro atoms. The number of carbonyl (C=O) groups is 1. The van der Waals surface area contributed by atoms with E-state index in [0.29, 0.717) is 37.9 Å². The molecule has 0 fully saturated rings. The third kappa shape index (κ3) is 6.94. The van der Waals surface area contributed by atoms with E-state index in [9.17, 15) is 4.79 Å². The lowest BCUT2D eigenvalue weighted by atomic mass is 10.1. The highest BCUT2D eigenvalue weighted by atomic mass is 35.5. The average molecular weight is 350 g/mol. The van der Waals surface area contributed by atoms with Gasteiger partial charge in [-0.05, 0) is 6.92 Å². The molecule has 0 unspecified atom stereocenters. The summed E-state index contributed by atoms with van der Waals surface area (Å²) in [5.74, 6) is 0.351. The Labute approximate surface area is 142 Å². The topological polar surface area (TPSA) is 89.2 Å². The van der Waals surface area contributed by atoms with Crippen LogP contribution in [-0.4, -0.2) is 53.2 Å². The normalized spacial score (nSPS) is 9.87. The van der Waals surface area contributed by atoms with Crippen molar-refractivity contribution in [2.24, 2.45) is 0 Å². The summed E-state index contributed by atoms with van der Waals surface area (Å²) in [4.78, 5) is 11.9. The lowest BCUT2D eigenvalue weighted by Crippen LogP contribution is -2.12. The zero-order chi connectivity index (χ0) is 16.4. The minimum Gasteiger partial charge on any atom is -0.487 e. The molecule has 0 bridgehead atoms. The molecule has 0 atom stereocenters. The molecule has 0 aromatic heterocycles. The molecule has 0 aliphatic rings. The van der Waals surface area contributed by atoms with Gasteiger partial charge >= 0.3 is 5.97 Å². The molecule has 2 N–H and O–H groups in total. The monoisotopic (exact) mass is 349 g/mol. The van der Waals surface area contributed by atoms with Crippen molar-refractivity contribution in [3.63, 3.8) is 0 Å². The van der Waals surface area contributed by atoms with Crippen LogP contribution in [0.1, 0.15) is 17.3 Å². The van der Waals surface area contributed by atoms with Crippen LogP contribution in [0.15, 0.2) is 12.1 Å². The van der Waals surface area contributed by atoms with E-state index in [1.54, 1.807) is 27.2 Å². The highest BCUT2D eigenvalue weighted by molar-refractivity contribution is 5.96. The zero-order valence-electron chi connectivity index (χ0n) is 13.6. The van der Waals surface area contributed by atoms with E-state index < -0.39 is 5.97 Å². The minimum atomic E-state index is -0.500. The second-order valence-electron chi connectivity index (χ2n) is 4.29. The quantitative estimate of drug-likeness (QED) is 0.392. The number of nitrogens with two attached hydrogens (primary N) is 1. The van der Waals surface area contributed by atoms with Gasteiger partial charge in [0.15, 0.2) is 11.5 Å². The van der Waals surface area contributed by atoms with Crippen molar-refractivity contribution in [3.05, 3.63) is 17.7 Å². The molecule has 0 aliphatic carbocycles. The molecule has 0 amide bonds. The van der Waals surface area contributed by atoms with Crippen LogP contribution < -0.4 is 15.2 Å². The molecule has 0 aliphatic heterocycles. The number of hydrogen-bond acceptors (Lipinski definition) is 7. The maximum Gasteiger partial charge on any atom is 0.340 e. The number of anilines is 1. The maximum atomic E-state index is 11.9. The first-order valence-corrected chi connectivity index (χ1v) is 6.98. The van der Waals surface area contributed by atoms with E-state index >= 15 is 0 Å². The number of ether oxygens (including phenoxy) is 5. The van der Waals surface area contributed by atoms with E-state index in [2.05, 4.69) is 0 Å². The van der Waals surface area contributed by atoms with E-state index in [4.69, 9.17) is 29.4 Å². The van der Waals surface area contributed by atoms with Crippen molar-refractivity contribution < 1.29 is 28.5 Å². The second kappa shape index (κ2) is 11.8. The van der Waals surface area contributed by atoms with E-state index in [1.807, 2.05) is 0 Å². The molecular weight excluding hydrogens is 326 g/mol. The Morgan fingerprint density at radius 1 is 1.00 bits per heavy atom. The number of halogens is 1. The molecule has 0 saturated heterocycles. The Morgan fingerprint density at radius 2 is 1.52 bits per heavy atom. The smallest absolute Gasteiger partial charge is 0.340 e. The van der Waals surface area contributed by atoms with Crippen molar-refractivity contribution in [1.29, 1.82) is 0 Å². The molecule has 0 radical (unpaired) electrons. The number of rotatable bonds is 10. The molecule has 7 nitrogen and oxygen atoms in total. The van der Waals surface area contributed by atoms with Crippen LogP contribution in [0.2, 0.25) is 0 Å². The molecule has 0 saturated carbocycles. The second-order valence-corrected chi connectivity index (χ2v) is 4.29. The summed E-state index contributed by atoms with van der Waals surface area (Å²) in [6, 6.07) is 3.06. The van der Waals surface area contributed by atoms with Gasteiger partial charge in [0, 0.05) is 26.4 Å². The third-order valence-corrected chi connectivity index (χ3v) is 2.70. The van der Waals surface area contributed by atoms with Crippen LogP contribution in [0.25, 0.3) is 0 Å². The number of methoxy groups -OCH3 is 2. The summed E-state index contributed by atoms with van der Waals surface area (Å²) in [6.07, 6.45) is 0. The van der Waals surface area contributed by atoms with Crippen LogP contribution in [0, 0.1) is 0 Å². The van der Waals surface area contributed by atoms with Gasteiger partial charge in [0.25, 0.3) is 0 Å². The zero-order valence-corrected chi connectivity index (χ0v) is 14.4. The Hall–Kier alpha value is -1.70. The number of nitrogen functional groups attached to an aromatic ring is 1. The Bertz CT molecular complexity index is 483. The predicted octanol–water partition coefficient (Wildman–Crippen LogP) is 1.92. The maximum absolute atomic E-state index is 11.9. The van der Waals surface area contributed by atoms with Gasteiger partial charge in [0.05, 0.1) is 31.1 Å². The van der Waals surface area contributed by atoms with E-state index in [0.717, 1.165) is 0 Å². The Balaban J connectivity index is 0.00000484. The van der Waals surface area contributed by atoms with Gasteiger partial charge in [0.2, 0.25) is 0 Å². The highest BCUT2D eigenvalue weighted by Crippen LogP contribution is 2.33. The van der Waals surface area contributed by atoms with Gasteiger partial charge < -0.3 is 29.4 Å². The minimum absolute atomic E-state index is 0. The summed E-state index contributed by atoms with van der Waals surface area (Å²) in [5.41, 5.74) is 6.40. The Morgan fingerprint density at radius 3 is 2.00 bits per heavy atom. The predicted molar refractivity (Wildman–Crippen MR) is 88.8 cm³/mol. The van der Waals surface area contributed by atoms with Crippen LogP contribution >= 0.6 is 12.4 Å². The summed E-state index contributed by atoms with van der Waals surface area (Å²) in [6.45, 7) is 3.50. The first kappa shape index (κ1) is 21.3. The van der Waals surface area contributed by atoms with Gasteiger partial charge in [-0.25, -0.2) is 4.79 Å². The molecule has 8 heteroatoms. The van der Waals surface area contributed by atoms with Crippen molar-refractivity contribution >= 4 is 24.1 Å². The van der Waals surface area contributed by atoms with Crippen molar-refractivity contribution in [1.82, 2.24) is 0 Å². The van der Waals surface area contributed by atoms with E-state index in [-0.39, 0.29) is 30.3 Å². The van der Waals surface area contributed by atoms with Crippen LogP contribution in [-0.2, 0) is 14.2 Å². The summed E-state index contributed by atoms with van der Waals surface area (Å²) < 4.78 is 26.0. The number of hydrogen-bond donors (Lipinski definition) is 1. The standard InChI is InChI=1S/C15H23NO6.ClH/c1-4-20-15(17)11-9-13(21-7-5-18-2)14(10-12(11)16)22-8-6-19-3;/h9-10H,4-8,16H2,1-3H3;1H. The fraction of sp³-hybridized carbons (Fsp3) is 0.533. The lowest BCUT2D eigenvalue weighted by Gasteiger charge is -2.15. The average Bonchev–Trinajstić information content (AvgIpc) is 2.49. The number of benzene rings is 1.